The second-order valence-corrected chi connectivity index (χ2v) is 5.28. The average Bonchev–Trinajstić information content (AvgIpc) is 2.83. The number of phenolic OH excluding ortho intramolecular Hbond substituents is 1. The fraction of sp³-hybridized carbons (Fsp3) is 0.167. The second kappa shape index (κ2) is 5.56. The summed E-state index contributed by atoms with van der Waals surface area (Å²) in [5.41, 5.74) is 6.48. The van der Waals surface area contributed by atoms with Crippen LogP contribution in [0.5, 0.6) is 5.75 Å². The first-order chi connectivity index (χ1) is 8.97. The Morgan fingerprint density at radius 1 is 1.58 bits per heavy atom. The van der Waals surface area contributed by atoms with E-state index in [0.717, 1.165) is 0 Å². The van der Waals surface area contributed by atoms with Gasteiger partial charge in [0.05, 0.1) is 11.1 Å². The summed E-state index contributed by atoms with van der Waals surface area (Å²) < 4.78 is 0. The number of thiazole rings is 1. The summed E-state index contributed by atoms with van der Waals surface area (Å²) in [6.07, 6.45) is 0. The van der Waals surface area contributed by atoms with Crippen molar-refractivity contribution in [2.75, 3.05) is 5.32 Å². The first kappa shape index (κ1) is 13.8. The summed E-state index contributed by atoms with van der Waals surface area (Å²) in [6, 6.07) is 4.23. The monoisotopic (exact) mass is 297 g/mol. The number of aromatic nitrogens is 1. The van der Waals surface area contributed by atoms with Gasteiger partial charge in [0.2, 0.25) is 0 Å². The highest BCUT2D eigenvalue weighted by molar-refractivity contribution is 7.09. The SMILES string of the molecule is CC(N)c1nc(C(=O)Nc2ccc(O)c(Cl)c2)cs1. The quantitative estimate of drug-likeness (QED) is 0.760. The summed E-state index contributed by atoms with van der Waals surface area (Å²) >= 11 is 7.10. The molecule has 19 heavy (non-hydrogen) atoms. The zero-order valence-corrected chi connectivity index (χ0v) is 11.6. The van der Waals surface area contributed by atoms with E-state index in [9.17, 15) is 9.90 Å². The van der Waals surface area contributed by atoms with Gasteiger partial charge in [-0.05, 0) is 25.1 Å². The molecule has 1 atom stereocenters. The fourth-order valence-electron chi connectivity index (χ4n) is 1.38. The Morgan fingerprint density at radius 3 is 2.89 bits per heavy atom. The second-order valence-electron chi connectivity index (χ2n) is 3.98. The van der Waals surface area contributed by atoms with Gasteiger partial charge >= 0.3 is 0 Å². The molecule has 100 valence electrons. The number of nitrogens with zero attached hydrogens (tertiary/aromatic N) is 1. The summed E-state index contributed by atoms with van der Waals surface area (Å²) in [5.74, 6) is -0.377. The van der Waals surface area contributed by atoms with Crippen LogP contribution in [0.3, 0.4) is 0 Å². The number of rotatable bonds is 3. The maximum Gasteiger partial charge on any atom is 0.275 e. The fourth-order valence-corrected chi connectivity index (χ4v) is 2.32. The van der Waals surface area contributed by atoms with Crippen molar-refractivity contribution in [3.05, 3.63) is 39.3 Å². The number of nitrogens with two attached hydrogens (primary N) is 1. The normalized spacial score (nSPS) is 12.2. The predicted octanol–water partition coefficient (Wildman–Crippen LogP) is 2.77. The maximum absolute atomic E-state index is 11.9. The molecule has 0 saturated carbocycles. The summed E-state index contributed by atoms with van der Waals surface area (Å²) in [7, 11) is 0. The van der Waals surface area contributed by atoms with Crippen molar-refractivity contribution >= 4 is 34.5 Å². The summed E-state index contributed by atoms with van der Waals surface area (Å²) in [6.45, 7) is 1.81. The molecular weight excluding hydrogens is 286 g/mol. The number of phenols is 1. The third kappa shape index (κ3) is 3.23. The smallest absolute Gasteiger partial charge is 0.275 e. The van der Waals surface area contributed by atoms with E-state index in [1.807, 2.05) is 0 Å². The zero-order valence-electron chi connectivity index (χ0n) is 10.1. The maximum atomic E-state index is 11.9. The molecule has 0 spiro atoms. The van der Waals surface area contributed by atoms with E-state index in [1.165, 1.54) is 23.5 Å². The van der Waals surface area contributed by atoms with E-state index in [0.29, 0.717) is 16.4 Å². The number of anilines is 1. The first-order valence-electron chi connectivity index (χ1n) is 5.48. The third-order valence-electron chi connectivity index (χ3n) is 2.35. The number of aromatic hydroxyl groups is 1. The van der Waals surface area contributed by atoms with Crippen molar-refractivity contribution in [1.29, 1.82) is 0 Å². The molecule has 2 aromatic rings. The molecular formula is C12H12ClN3O2S. The highest BCUT2D eigenvalue weighted by Crippen LogP contribution is 2.26. The Morgan fingerprint density at radius 2 is 2.32 bits per heavy atom. The van der Waals surface area contributed by atoms with E-state index >= 15 is 0 Å². The van der Waals surface area contributed by atoms with E-state index < -0.39 is 0 Å². The summed E-state index contributed by atoms with van der Waals surface area (Å²) in [5, 5.41) is 14.5. The van der Waals surface area contributed by atoms with Crippen molar-refractivity contribution in [3.63, 3.8) is 0 Å². The lowest BCUT2D eigenvalue weighted by atomic mass is 10.3. The minimum atomic E-state index is -0.343. The molecule has 1 amide bonds. The minimum absolute atomic E-state index is 0.0347. The lowest BCUT2D eigenvalue weighted by Gasteiger charge is -2.04. The van der Waals surface area contributed by atoms with Gasteiger partial charge in [0, 0.05) is 11.1 Å². The molecule has 1 unspecified atom stereocenters. The van der Waals surface area contributed by atoms with Crippen LogP contribution < -0.4 is 11.1 Å². The molecule has 1 aromatic carbocycles. The molecule has 1 aromatic heterocycles. The number of halogens is 1. The van der Waals surface area contributed by atoms with Crippen LogP contribution in [-0.4, -0.2) is 16.0 Å². The highest BCUT2D eigenvalue weighted by Gasteiger charge is 2.13. The molecule has 0 aliphatic rings. The lowest BCUT2D eigenvalue weighted by Crippen LogP contribution is -2.13. The number of carbonyl (C=O) groups excluding carboxylic acids is 1. The molecule has 0 radical (unpaired) electrons. The molecule has 0 bridgehead atoms. The van der Waals surface area contributed by atoms with Crippen molar-refractivity contribution in [1.82, 2.24) is 4.98 Å². The molecule has 7 heteroatoms. The van der Waals surface area contributed by atoms with Crippen molar-refractivity contribution in [2.45, 2.75) is 13.0 Å². The van der Waals surface area contributed by atoms with Gasteiger partial charge in [-0.25, -0.2) is 4.98 Å². The van der Waals surface area contributed by atoms with Crippen LogP contribution in [0.15, 0.2) is 23.6 Å². The average molecular weight is 298 g/mol. The molecule has 1 heterocycles. The van der Waals surface area contributed by atoms with Gasteiger partial charge in [0.1, 0.15) is 16.5 Å². The van der Waals surface area contributed by atoms with E-state index in [4.69, 9.17) is 17.3 Å². The Labute approximate surface area is 119 Å². The van der Waals surface area contributed by atoms with E-state index in [-0.39, 0.29) is 22.7 Å². The standard InChI is InChI=1S/C12H12ClN3O2S/c1-6(14)12-16-9(5-19-12)11(18)15-7-2-3-10(17)8(13)4-7/h2-6,17H,14H2,1H3,(H,15,18). The van der Waals surface area contributed by atoms with Crippen LogP contribution in [0.2, 0.25) is 5.02 Å². The van der Waals surface area contributed by atoms with Crippen LogP contribution in [-0.2, 0) is 0 Å². The van der Waals surface area contributed by atoms with Gasteiger partial charge in [-0.15, -0.1) is 11.3 Å². The Bertz CT molecular complexity index is 613. The molecule has 4 N–H and O–H groups in total. The molecule has 0 fully saturated rings. The van der Waals surface area contributed by atoms with Crippen LogP contribution >= 0.6 is 22.9 Å². The number of nitrogens with one attached hydrogen (secondary N) is 1. The third-order valence-corrected chi connectivity index (χ3v) is 3.70. The first-order valence-corrected chi connectivity index (χ1v) is 6.74. The topological polar surface area (TPSA) is 88.2 Å². The number of benzene rings is 1. The highest BCUT2D eigenvalue weighted by atomic mass is 35.5. The van der Waals surface area contributed by atoms with Gasteiger partial charge in [-0.1, -0.05) is 11.6 Å². The van der Waals surface area contributed by atoms with Crippen molar-refractivity contribution < 1.29 is 9.90 Å². The number of amides is 1. The van der Waals surface area contributed by atoms with Crippen LogP contribution in [0.4, 0.5) is 5.69 Å². The van der Waals surface area contributed by atoms with E-state index in [1.54, 1.807) is 18.4 Å². The number of hydrogen-bond donors (Lipinski definition) is 3. The van der Waals surface area contributed by atoms with Crippen molar-refractivity contribution in [3.8, 4) is 5.75 Å². The van der Waals surface area contributed by atoms with Gasteiger partial charge in [-0.2, -0.15) is 0 Å². The van der Waals surface area contributed by atoms with Crippen LogP contribution in [0.1, 0.15) is 28.5 Å². The van der Waals surface area contributed by atoms with Crippen LogP contribution in [0.25, 0.3) is 0 Å². The van der Waals surface area contributed by atoms with Gasteiger partial charge in [0.15, 0.2) is 0 Å². The zero-order chi connectivity index (χ0) is 14.0. The lowest BCUT2D eigenvalue weighted by molar-refractivity contribution is 0.102. The molecule has 0 saturated heterocycles. The molecule has 0 aliphatic heterocycles. The Hall–Kier alpha value is -1.63. The van der Waals surface area contributed by atoms with Crippen LogP contribution in [0, 0.1) is 0 Å². The Kier molecular flexibility index (Phi) is 4.04. The van der Waals surface area contributed by atoms with Crippen molar-refractivity contribution in [2.24, 2.45) is 5.73 Å². The minimum Gasteiger partial charge on any atom is -0.506 e. The largest absolute Gasteiger partial charge is 0.506 e. The van der Waals surface area contributed by atoms with Gasteiger partial charge in [0.25, 0.3) is 5.91 Å². The summed E-state index contributed by atoms with van der Waals surface area (Å²) in [4.78, 5) is 16.1. The van der Waals surface area contributed by atoms with Gasteiger partial charge in [-0.3, -0.25) is 4.79 Å². The van der Waals surface area contributed by atoms with E-state index in [2.05, 4.69) is 10.3 Å². The molecule has 0 aliphatic carbocycles. The number of carbonyl (C=O) groups is 1. The predicted molar refractivity (Wildman–Crippen MR) is 75.8 cm³/mol. The van der Waals surface area contributed by atoms with Gasteiger partial charge < -0.3 is 16.2 Å². The Balaban J connectivity index is 2.13. The molecule has 2 rings (SSSR count). The number of hydrogen-bond acceptors (Lipinski definition) is 5. The molecule has 5 nitrogen and oxygen atoms in total.